The van der Waals surface area contributed by atoms with E-state index in [1.165, 1.54) is 60.4 Å². The third kappa shape index (κ3) is 8.99. The molecule has 16 nitrogen and oxygen atoms in total. The van der Waals surface area contributed by atoms with Crippen molar-refractivity contribution in [2.75, 3.05) is 32.7 Å². The van der Waals surface area contributed by atoms with Gasteiger partial charge in [0.2, 0.25) is 5.91 Å². The number of carbonyl (C=O) groups is 4. The molecule has 17 heteroatoms. The summed E-state index contributed by atoms with van der Waals surface area (Å²) in [6.45, 7) is 4.32. The molecule has 2 saturated heterocycles. The molecule has 2 atom stereocenters. The molecule has 3 amide bonds. The summed E-state index contributed by atoms with van der Waals surface area (Å²) in [4.78, 5) is 80.1. The molecule has 4 rings (SSSR count). The number of hydrogen-bond donors (Lipinski definition) is 0. The lowest BCUT2D eigenvalue weighted by Gasteiger charge is -2.37. The number of nitro benzene ring substituents is 2. The lowest BCUT2D eigenvalue weighted by atomic mass is 10.1. The molecule has 2 fully saturated rings. The second kappa shape index (κ2) is 15.3. The third-order valence-electron chi connectivity index (χ3n) is 7.44. The normalized spacial score (nSPS) is 18.2. The number of nitro groups is 2. The SMILES string of the molecule is CC(=O)S[C@H]1C[C@@H](C(=O)N2CCN(C(C)=NC(=O)OCc3ccc([N+](=O)[O-])cc3)CC2)N(C(=O)OCc2ccc([N+](=O)[O-])cc2)C1. The van der Waals surface area contributed by atoms with E-state index in [4.69, 9.17) is 9.47 Å². The minimum absolute atomic E-state index is 0.0726. The highest BCUT2D eigenvalue weighted by Gasteiger charge is 2.43. The standard InChI is InChI=1S/C29H32N6O10S/c1-19(30-28(38)44-17-21-3-7-23(8-4-21)34(40)41)31-11-13-32(14-12-31)27(37)26-15-25(46-20(2)36)16-33(26)29(39)45-18-22-5-9-24(10-6-22)35(42)43/h3-10,25-26H,11-18H2,1-2H3/t25-,26-/m0/s1. The number of carbonyl (C=O) groups excluding carboxylic acids is 4. The van der Waals surface area contributed by atoms with Crippen molar-refractivity contribution in [1.29, 1.82) is 0 Å². The van der Waals surface area contributed by atoms with Crippen LogP contribution in [0.5, 0.6) is 0 Å². The number of piperazine rings is 1. The number of nitrogens with zero attached hydrogens (tertiary/aromatic N) is 6. The Morgan fingerprint density at radius 3 is 1.83 bits per heavy atom. The largest absolute Gasteiger partial charge is 0.445 e. The summed E-state index contributed by atoms with van der Waals surface area (Å²) in [7, 11) is 0. The maximum atomic E-state index is 13.6. The Morgan fingerprint density at radius 2 is 1.33 bits per heavy atom. The van der Waals surface area contributed by atoms with E-state index in [1.54, 1.807) is 11.8 Å². The molecule has 244 valence electrons. The minimum atomic E-state index is -0.836. The zero-order valence-corrected chi connectivity index (χ0v) is 25.9. The van der Waals surface area contributed by atoms with E-state index in [-0.39, 0.29) is 53.8 Å². The molecule has 0 N–H and O–H groups in total. The topological polar surface area (TPSA) is 195 Å². The first kappa shape index (κ1) is 33.8. The van der Waals surface area contributed by atoms with E-state index >= 15 is 0 Å². The quantitative estimate of drug-likeness (QED) is 0.173. The van der Waals surface area contributed by atoms with Crippen LogP contribution < -0.4 is 0 Å². The first-order valence-electron chi connectivity index (χ1n) is 14.2. The number of rotatable bonds is 8. The summed E-state index contributed by atoms with van der Waals surface area (Å²) in [6.07, 6.45) is -1.27. The molecule has 0 aliphatic carbocycles. The van der Waals surface area contributed by atoms with Crippen LogP contribution in [0.4, 0.5) is 21.0 Å². The monoisotopic (exact) mass is 656 g/mol. The summed E-state index contributed by atoms with van der Waals surface area (Å²) < 4.78 is 10.6. The predicted octanol–water partition coefficient (Wildman–Crippen LogP) is 3.76. The van der Waals surface area contributed by atoms with Crippen LogP contribution in [0.2, 0.25) is 0 Å². The Bertz CT molecular complexity index is 1510. The van der Waals surface area contributed by atoms with Gasteiger partial charge in [-0.25, -0.2) is 9.59 Å². The van der Waals surface area contributed by atoms with Gasteiger partial charge in [0, 0.05) is 69.2 Å². The number of thioether (sulfide) groups is 1. The Morgan fingerprint density at radius 1 is 0.826 bits per heavy atom. The van der Waals surface area contributed by atoms with E-state index in [1.807, 2.05) is 4.90 Å². The second-order valence-electron chi connectivity index (χ2n) is 10.6. The molecule has 2 aromatic carbocycles. The van der Waals surface area contributed by atoms with Gasteiger partial charge in [-0.2, -0.15) is 4.99 Å². The van der Waals surface area contributed by atoms with Crippen LogP contribution in [-0.4, -0.2) is 97.6 Å². The van der Waals surface area contributed by atoms with Gasteiger partial charge < -0.3 is 19.3 Å². The van der Waals surface area contributed by atoms with Crippen molar-refractivity contribution in [3.05, 3.63) is 79.9 Å². The van der Waals surface area contributed by atoms with Crippen LogP contribution in [0.3, 0.4) is 0 Å². The Labute approximate surface area is 267 Å². The number of aliphatic imine (C=N–C) groups is 1. The molecule has 2 aliphatic heterocycles. The molecule has 46 heavy (non-hydrogen) atoms. The molecule has 2 heterocycles. The Balaban J connectivity index is 1.31. The van der Waals surface area contributed by atoms with Crippen molar-refractivity contribution in [1.82, 2.24) is 14.7 Å². The number of amidine groups is 1. The van der Waals surface area contributed by atoms with E-state index in [9.17, 15) is 39.4 Å². The van der Waals surface area contributed by atoms with Crippen LogP contribution in [0, 0.1) is 20.2 Å². The fourth-order valence-corrected chi connectivity index (χ4v) is 6.03. The van der Waals surface area contributed by atoms with Crippen molar-refractivity contribution < 1.29 is 38.5 Å². The minimum Gasteiger partial charge on any atom is -0.445 e. The molecular weight excluding hydrogens is 624 g/mol. The van der Waals surface area contributed by atoms with Gasteiger partial charge in [-0.05, 0) is 48.7 Å². The maximum absolute atomic E-state index is 13.6. The predicted molar refractivity (Wildman–Crippen MR) is 165 cm³/mol. The van der Waals surface area contributed by atoms with Crippen LogP contribution in [0.15, 0.2) is 53.5 Å². The smallest absolute Gasteiger partial charge is 0.435 e. The number of ether oxygens (including phenoxy) is 2. The molecule has 0 saturated carbocycles. The Hall–Kier alpha value is -5.06. The number of likely N-dealkylation sites (tertiary alicyclic amines) is 1. The van der Waals surface area contributed by atoms with Crippen molar-refractivity contribution >= 4 is 52.2 Å². The fourth-order valence-electron chi connectivity index (χ4n) is 5.05. The number of hydrogen-bond acceptors (Lipinski definition) is 11. The molecule has 0 unspecified atom stereocenters. The molecule has 2 aliphatic rings. The van der Waals surface area contributed by atoms with Crippen molar-refractivity contribution in [2.45, 2.75) is 44.8 Å². The zero-order chi connectivity index (χ0) is 33.4. The van der Waals surface area contributed by atoms with Crippen molar-refractivity contribution in [3.8, 4) is 0 Å². The summed E-state index contributed by atoms with van der Waals surface area (Å²) in [5.74, 6) is 0.117. The summed E-state index contributed by atoms with van der Waals surface area (Å²) in [5.41, 5.74) is 0.945. The zero-order valence-electron chi connectivity index (χ0n) is 25.1. The van der Waals surface area contributed by atoms with Gasteiger partial charge in [-0.1, -0.05) is 11.8 Å². The highest BCUT2D eigenvalue weighted by molar-refractivity contribution is 8.14. The molecular formula is C29H32N6O10S. The highest BCUT2D eigenvalue weighted by Crippen LogP contribution is 2.30. The van der Waals surface area contributed by atoms with Gasteiger partial charge in [0.1, 0.15) is 25.1 Å². The van der Waals surface area contributed by atoms with E-state index in [2.05, 4.69) is 4.99 Å². The molecule has 0 spiro atoms. The second-order valence-corrected chi connectivity index (χ2v) is 12.0. The molecule has 0 radical (unpaired) electrons. The summed E-state index contributed by atoms with van der Waals surface area (Å²) in [5, 5.41) is 21.3. The van der Waals surface area contributed by atoms with Crippen molar-refractivity contribution in [3.63, 3.8) is 0 Å². The lowest BCUT2D eigenvalue weighted by Crippen LogP contribution is -2.55. The molecule has 2 aromatic rings. The van der Waals surface area contributed by atoms with Gasteiger partial charge in [-0.3, -0.25) is 34.7 Å². The van der Waals surface area contributed by atoms with E-state index in [0.717, 1.165) is 11.8 Å². The van der Waals surface area contributed by atoms with Gasteiger partial charge in [-0.15, -0.1) is 0 Å². The van der Waals surface area contributed by atoms with Gasteiger partial charge in [0.15, 0.2) is 5.12 Å². The molecule has 0 aromatic heterocycles. The van der Waals surface area contributed by atoms with E-state index < -0.39 is 28.1 Å². The average molecular weight is 657 g/mol. The lowest BCUT2D eigenvalue weighted by molar-refractivity contribution is -0.385. The summed E-state index contributed by atoms with van der Waals surface area (Å²) >= 11 is 1.07. The third-order valence-corrected chi connectivity index (χ3v) is 8.44. The van der Waals surface area contributed by atoms with E-state index in [0.29, 0.717) is 43.1 Å². The fraction of sp³-hybridized carbons (Fsp3) is 0.414. The summed E-state index contributed by atoms with van der Waals surface area (Å²) in [6, 6.07) is 10.4. The Kier molecular flexibility index (Phi) is 11.2. The van der Waals surface area contributed by atoms with Crippen molar-refractivity contribution in [2.24, 2.45) is 4.99 Å². The number of non-ortho nitro benzene ring substituents is 2. The van der Waals surface area contributed by atoms with Gasteiger partial charge in [0.05, 0.1) is 9.85 Å². The van der Waals surface area contributed by atoms with Crippen LogP contribution >= 0.6 is 11.8 Å². The number of amides is 3. The van der Waals surface area contributed by atoms with Gasteiger partial charge in [0.25, 0.3) is 11.4 Å². The number of benzene rings is 2. The average Bonchev–Trinajstić information content (AvgIpc) is 3.45. The maximum Gasteiger partial charge on any atom is 0.435 e. The van der Waals surface area contributed by atoms with Gasteiger partial charge >= 0.3 is 12.2 Å². The highest BCUT2D eigenvalue weighted by atomic mass is 32.2. The first-order valence-corrected chi connectivity index (χ1v) is 15.1. The van der Waals surface area contributed by atoms with Crippen LogP contribution in [0.25, 0.3) is 0 Å². The molecule has 0 bridgehead atoms. The van der Waals surface area contributed by atoms with Crippen LogP contribution in [-0.2, 0) is 32.3 Å². The first-order chi connectivity index (χ1) is 21.9. The van der Waals surface area contributed by atoms with Crippen LogP contribution in [0.1, 0.15) is 31.4 Å².